The van der Waals surface area contributed by atoms with Gasteiger partial charge in [-0.15, -0.1) is 0 Å². The fraction of sp³-hybridized carbons (Fsp3) is 1.00. The van der Waals surface area contributed by atoms with Crippen LogP contribution in [0.1, 0.15) is 13.3 Å². The average molecular weight is 175 g/mol. The molecule has 0 aliphatic carbocycles. The third-order valence-electron chi connectivity index (χ3n) is 2.25. The molecule has 12 heavy (non-hydrogen) atoms. The van der Waals surface area contributed by atoms with E-state index < -0.39 is 0 Å². The van der Waals surface area contributed by atoms with E-state index in [1.165, 1.54) is 0 Å². The van der Waals surface area contributed by atoms with Crippen molar-refractivity contribution in [1.82, 2.24) is 0 Å². The summed E-state index contributed by atoms with van der Waals surface area (Å²) < 4.78 is 15.8. The second-order valence-corrected chi connectivity index (χ2v) is 3.11. The van der Waals surface area contributed by atoms with Crippen LogP contribution in [0.3, 0.4) is 0 Å². The molecule has 0 amide bonds. The molecule has 0 spiro atoms. The van der Waals surface area contributed by atoms with Crippen LogP contribution in [0.25, 0.3) is 0 Å². The van der Waals surface area contributed by atoms with E-state index in [1.54, 1.807) is 14.2 Å². The summed E-state index contributed by atoms with van der Waals surface area (Å²) in [5, 5.41) is 0. The highest BCUT2D eigenvalue weighted by atomic mass is 16.7. The Bertz CT molecular complexity index is 130. The van der Waals surface area contributed by atoms with Crippen molar-refractivity contribution in [3.8, 4) is 0 Å². The van der Waals surface area contributed by atoms with Gasteiger partial charge in [-0.25, -0.2) is 0 Å². The molecule has 1 rings (SSSR count). The predicted octanol–water partition coefficient (Wildman–Crippen LogP) is 0.110. The van der Waals surface area contributed by atoms with Gasteiger partial charge >= 0.3 is 0 Å². The lowest BCUT2D eigenvalue weighted by Crippen LogP contribution is -2.52. The number of rotatable bonds is 2. The predicted molar refractivity (Wildman–Crippen MR) is 44.7 cm³/mol. The van der Waals surface area contributed by atoms with Crippen molar-refractivity contribution in [3.05, 3.63) is 0 Å². The Morgan fingerprint density at radius 3 is 2.42 bits per heavy atom. The molecule has 0 radical (unpaired) electrons. The Kier molecular flexibility index (Phi) is 3.46. The molecule has 4 nitrogen and oxygen atoms in total. The molecule has 1 saturated heterocycles. The fourth-order valence-corrected chi connectivity index (χ4v) is 1.60. The minimum Gasteiger partial charge on any atom is -0.377 e. The van der Waals surface area contributed by atoms with E-state index in [2.05, 4.69) is 0 Å². The molecular formula is C8H17NO3. The first-order valence-corrected chi connectivity index (χ1v) is 4.15. The summed E-state index contributed by atoms with van der Waals surface area (Å²) in [6.07, 6.45) is 0.501. The summed E-state index contributed by atoms with van der Waals surface area (Å²) in [6, 6.07) is 0.00343. The molecule has 1 fully saturated rings. The summed E-state index contributed by atoms with van der Waals surface area (Å²) in [5.41, 5.74) is 5.86. The molecule has 0 bridgehead atoms. The standard InChI is InChI=1S/C8H17NO3/c1-5-8(11-3)6(9)4-7(10-2)12-5/h5-8H,4,9H2,1-3H3. The molecule has 0 aromatic rings. The van der Waals surface area contributed by atoms with E-state index in [0.29, 0.717) is 6.42 Å². The van der Waals surface area contributed by atoms with Gasteiger partial charge in [-0.1, -0.05) is 0 Å². The average Bonchev–Trinajstić information content (AvgIpc) is 2.03. The molecule has 0 aromatic heterocycles. The van der Waals surface area contributed by atoms with E-state index in [4.69, 9.17) is 19.9 Å². The molecular weight excluding hydrogens is 158 g/mol. The first-order chi connectivity index (χ1) is 5.69. The summed E-state index contributed by atoms with van der Waals surface area (Å²) in [7, 11) is 3.27. The van der Waals surface area contributed by atoms with Crippen LogP contribution in [-0.2, 0) is 14.2 Å². The second-order valence-electron chi connectivity index (χ2n) is 3.11. The Morgan fingerprint density at radius 2 is 2.00 bits per heavy atom. The summed E-state index contributed by atoms with van der Waals surface area (Å²) in [4.78, 5) is 0. The molecule has 1 heterocycles. The van der Waals surface area contributed by atoms with Crippen LogP contribution >= 0.6 is 0 Å². The molecule has 2 N–H and O–H groups in total. The van der Waals surface area contributed by atoms with Gasteiger partial charge in [0.1, 0.15) is 0 Å². The lowest BCUT2D eigenvalue weighted by atomic mass is 10.0. The van der Waals surface area contributed by atoms with Crippen molar-refractivity contribution in [2.45, 2.75) is 37.9 Å². The lowest BCUT2D eigenvalue weighted by molar-refractivity contribution is -0.216. The van der Waals surface area contributed by atoms with Crippen LogP contribution in [0.4, 0.5) is 0 Å². The zero-order valence-electron chi connectivity index (χ0n) is 7.82. The molecule has 1 aliphatic rings. The summed E-state index contributed by atoms with van der Waals surface area (Å²) >= 11 is 0. The van der Waals surface area contributed by atoms with Gasteiger partial charge in [0, 0.05) is 26.7 Å². The minimum atomic E-state index is -0.179. The maximum Gasteiger partial charge on any atom is 0.159 e. The SMILES string of the molecule is COC1CC(N)C(OC)C(C)O1. The number of methoxy groups -OCH3 is 2. The van der Waals surface area contributed by atoms with Crippen molar-refractivity contribution in [2.24, 2.45) is 5.73 Å². The number of ether oxygens (including phenoxy) is 3. The van der Waals surface area contributed by atoms with Gasteiger partial charge in [-0.3, -0.25) is 0 Å². The van der Waals surface area contributed by atoms with Crippen LogP contribution in [0.5, 0.6) is 0 Å². The van der Waals surface area contributed by atoms with Gasteiger partial charge < -0.3 is 19.9 Å². The van der Waals surface area contributed by atoms with Gasteiger partial charge in [-0.05, 0) is 6.92 Å². The first kappa shape index (κ1) is 9.92. The van der Waals surface area contributed by atoms with E-state index in [-0.39, 0.29) is 24.5 Å². The van der Waals surface area contributed by atoms with Crippen LogP contribution in [0.2, 0.25) is 0 Å². The number of hydrogen-bond acceptors (Lipinski definition) is 4. The van der Waals surface area contributed by atoms with Crippen molar-refractivity contribution in [1.29, 1.82) is 0 Å². The van der Waals surface area contributed by atoms with Crippen LogP contribution in [-0.4, -0.2) is 38.8 Å². The Labute approximate surface area is 73.0 Å². The minimum absolute atomic E-state index is 0.00343. The Hall–Kier alpha value is -0.160. The maximum absolute atomic E-state index is 5.86. The largest absolute Gasteiger partial charge is 0.377 e. The second kappa shape index (κ2) is 4.18. The highest BCUT2D eigenvalue weighted by molar-refractivity contribution is 4.84. The monoisotopic (exact) mass is 175 g/mol. The van der Waals surface area contributed by atoms with Gasteiger partial charge in [0.25, 0.3) is 0 Å². The highest BCUT2D eigenvalue weighted by Gasteiger charge is 2.34. The smallest absolute Gasteiger partial charge is 0.159 e. The summed E-state index contributed by atoms with van der Waals surface area (Å²) in [6.45, 7) is 1.94. The number of nitrogens with two attached hydrogens (primary N) is 1. The third kappa shape index (κ3) is 1.95. The van der Waals surface area contributed by atoms with Gasteiger partial charge in [0.15, 0.2) is 6.29 Å². The van der Waals surface area contributed by atoms with Crippen molar-refractivity contribution in [3.63, 3.8) is 0 Å². The van der Waals surface area contributed by atoms with Gasteiger partial charge in [0.05, 0.1) is 12.2 Å². The molecule has 4 heteroatoms. The number of hydrogen-bond donors (Lipinski definition) is 1. The molecule has 0 saturated carbocycles. The van der Waals surface area contributed by atoms with E-state index in [0.717, 1.165) is 0 Å². The summed E-state index contributed by atoms with van der Waals surface area (Å²) in [5.74, 6) is 0. The van der Waals surface area contributed by atoms with E-state index in [9.17, 15) is 0 Å². The van der Waals surface area contributed by atoms with Gasteiger partial charge in [-0.2, -0.15) is 0 Å². The zero-order valence-corrected chi connectivity index (χ0v) is 7.82. The Balaban J connectivity index is 2.51. The quantitative estimate of drug-likeness (QED) is 0.647. The van der Waals surface area contributed by atoms with E-state index in [1.807, 2.05) is 6.92 Å². The zero-order chi connectivity index (χ0) is 9.14. The van der Waals surface area contributed by atoms with E-state index >= 15 is 0 Å². The first-order valence-electron chi connectivity index (χ1n) is 4.15. The molecule has 0 aromatic carbocycles. The van der Waals surface area contributed by atoms with Crippen molar-refractivity contribution < 1.29 is 14.2 Å². The molecule has 4 unspecified atom stereocenters. The normalized spacial score (nSPS) is 43.0. The third-order valence-corrected chi connectivity index (χ3v) is 2.25. The molecule has 1 aliphatic heterocycles. The highest BCUT2D eigenvalue weighted by Crippen LogP contribution is 2.20. The molecule has 4 atom stereocenters. The van der Waals surface area contributed by atoms with Crippen molar-refractivity contribution in [2.75, 3.05) is 14.2 Å². The van der Waals surface area contributed by atoms with Crippen LogP contribution in [0.15, 0.2) is 0 Å². The van der Waals surface area contributed by atoms with Crippen molar-refractivity contribution >= 4 is 0 Å². The lowest BCUT2D eigenvalue weighted by Gasteiger charge is -2.37. The van der Waals surface area contributed by atoms with Crippen LogP contribution < -0.4 is 5.73 Å². The Morgan fingerprint density at radius 1 is 1.33 bits per heavy atom. The molecule has 72 valence electrons. The maximum atomic E-state index is 5.86. The van der Waals surface area contributed by atoms with Crippen LogP contribution in [0, 0.1) is 0 Å². The fourth-order valence-electron chi connectivity index (χ4n) is 1.60. The van der Waals surface area contributed by atoms with Gasteiger partial charge in [0.2, 0.25) is 0 Å². The topological polar surface area (TPSA) is 53.7 Å².